The van der Waals surface area contributed by atoms with Crippen LogP contribution in [0, 0.1) is 11.8 Å². The molecule has 0 aromatic carbocycles. The molecule has 1 heterocycles. The van der Waals surface area contributed by atoms with Gasteiger partial charge in [0.05, 0.1) is 0 Å². The second kappa shape index (κ2) is 8.50. The van der Waals surface area contributed by atoms with Crippen molar-refractivity contribution in [3.8, 4) is 0 Å². The minimum Gasteiger partial charge on any atom is -0.314 e. The third kappa shape index (κ3) is 4.81. The van der Waals surface area contributed by atoms with E-state index in [1.807, 2.05) is 0 Å². The monoisotopic (exact) mass is 300 g/mol. The van der Waals surface area contributed by atoms with Crippen LogP contribution in [0.1, 0.15) is 46.0 Å². The molecule has 1 saturated carbocycles. The normalized spacial score (nSPS) is 33.4. The van der Waals surface area contributed by atoms with E-state index in [-0.39, 0.29) is 0 Å². The lowest BCUT2D eigenvalue weighted by molar-refractivity contribution is 0.142. The molecule has 1 aliphatic heterocycles. The van der Waals surface area contributed by atoms with Crippen molar-refractivity contribution in [1.29, 1.82) is 0 Å². The molecule has 0 spiro atoms. The standard InChI is InChI=1S/C16H32N2OS/c1-3-5-14-6-7-16(17-4-2)15(12-14)13-18-8-10-20(19)11-9-18/h14-17H,3-13H2,1-2H3. The molecule has 0 aromatic heterocycles. The second-order valence-corrected chi connectivity index (χ2v) is 8.24. The van der Waals surface area contributed by atoms with Gasteiger partial charge in [0, 0.05) is 48.0 Å². The fourth-order valence-corrected chi connectivity index (χ4v) is 5.08. The molecule has 3 unspecified atom stereocenters. The van der Waals surface area contributed by atoms with E-state index in [0.717, 1.165) is 43.0 Å². The van der Waals surface area contributed by atoms with Crippen LogP contribution in [0.5, 0.6) is 0 Å². The number of nitrogens with one attached hydrogen (secondary N) is 1. The van der Waals surface area contributed by atoms with E-state index < -0.39 is 10.8 Å². The van der Waals surface area contributed by atoms with Crippen LogP contribution in [0.25, 0.3) is 0 Å². The highest BCUT2D eigenvalue weighted by atomic mass is 32.2. The first-order valence-electron chi connectivity index (χ1n) is 8.53. The predicted molar refractivity (Wildman–Crippen MR) is 87.5 cm³/mol. The van der Waals surface area contributed by atoms with Crippen LogP contribution in [-0.4, -0.2) is 52.8 Å². The van der Waals surface area contributed by atoms with Crippen LogP contribution in [0.4, 0.5) is 0 Å². The smallest absolute Gasteiger partial charge is 0.0363 e. The molecule has 2 aliphatic rings. The van der Waals surface area contributed by atoms with Crippen molar-refractivity contribution in [2.45, 2.75) is 52.0 Å². The Kier molecular flexibility index (Phi) is 6.99. The summed E-state index contributed by atoms with van der Waals surface area (Å²) in [5, 5.41) is 3.71. The predicted octanol–water partition coefficient (Wildman–Crippen LogP) is 2.25. The van der Waals surface area contributed by atoms with Gasteiger partial charge in [-0.2, -0.15) is 0 Å². The summed E-state index contributed by atoms with van der Waals surface area (Å²) < 4.78 is 11.5. The summed E-state index contributed by atoms with van der Waals surface area (Å²) in [6.07, 6.45) is 6.88. The Morgan fingerprint density at radius 2 is 1.95 bits per heavy atom. The van der Waals surface area contributed by atoms with Crippen LogP contribution in [0.2, 0.25) is 0 Å². The van der Waals surface area contributed by atoms with E-state index in [9.17, 15) is 4.21 Å². The summed E-state index contributed by atoms with van der Waals surface area (Å²) in [6.45, 7) is 8.92. The van der Waals surface area contributed by atoms with Crippen molar-refractivity contribution in [2.24, 2.45) is 11.8 Å². The average Bonchev–Trinajstić information content (AvgIpc) is 2.45. The second-order valence-electron chi connectivity index (χ2n) is 6.54. The zero-order valence-electron chi connectivity index (χ0n) is 13.3. The van der Waals surface area contributed by atoms with Gasteiger partial charge in [-0.3, -0.25) is 4.21 Å². The van der Waals surface area contributed by atoms with E-state index in [1.54, 1.807) is 0 Å². The summed E-state index contributed by atoms with van der Waals surface area (Å²) in [5.41, 5.74) is 0. The van der Waals surface area contributed by atoms with Gasteiger partial charge in [0.15, 0.2) is 0 Å². The highest BCUT2D eigenvalue weighted by Crippen LogP contribution is 2.33. The van der Waals surface area contributed by atoms with Crippen LogP contribution in [-0.2, 0) is 10.8 Å². The number of hydrogen-bond donors (Lipinski definition) is 1. The van der Waals surface area contributed by atoms with E-state index >= 15 is 0 Å². The van der Waals surface area contributed by atoms with E-state index in [0.29, 0.717) is 6.04 Å². The third-order valence-electron chi connectivity index (χ3n) is 5.02. The molecule has 2 fully saturated rings. The van der Waals surface area contributed by atoms with Crippen molar-refractivity contribution < 1.29 is 4.21 Å². The van der Waals surface area contributed by atoms with Crippen LogP contribution in [0.3, 0.4) is 0 Å². The van der Waals surface area contributed by atoms with Crippen molar-refractivity contribution in [3.63, 3.8) is 0 Å². The lowest BCUT2D eigenvalue weighted by atomic mass is 9.76. The van der Waals surface area contributed by atoms with Gasteiger partial charge >= 0.3 is 0 Å². The first-order valence-corrected chi connectivity index (χ1v) is 10.0. The van der Waals surface area contributed by atoms with Gasteiger partial charge in [-0.05, 0) is 37.6 Å². The van der Waals surface area contributed by atoms with E-state index in [4.69, 9.17) is 0 Å². The zero-order chi connectivity index (χ0) is 14.4. The molecule has 1 N–H and O–H groups in total. The Balaban J connectivity index is 1.87. The summed E-state index contributed by atoms with van der Waals surface area (Å²) in [6, 6.07) is 0.709. The van der Waals surface area contributed by atoms with Gasteiger partial charge < -0.3 is 10.2 Å². The van der Waals surface area contributed by atoms with E-state index in [2.05, 4.69) is 24.1 Å². The third-order valence-corrected chi connectivity index (χ3v) is 6.29. The number of hydrogen-bond acceptors (Lipinski definition) is 3. The summed E-state index contributed by atoms with van der Waals surface area (Å²) >= 11 is 0. The van der Waals surface area contributed by atoms with Gasteiger partial charge in [0.2, 0.25) is 0 Å². The quantitative estimate of drug-likeness (QED) is 0.816. The topological polar surface area (TPSA) is 32.3 Å². The largest absolute Gasteiger partial charge is 0.314 e. The zero-order valence-corrected chi connectivity index (χ0v) is 14.1. The molecule has 20 heavy (non-hydrogen) atoms. The molecule has 0 bridgehead atoms. The van der Waals surface area contributed by atoms with Crippen molar-refractivity contribution in [2.75, 3.05) is 37.7 Å². The minimum absolute atomic E-state index is 0.547. The van der Waals surface area contributed by atoms with Crippen LogP contribution < -0.4 is 5.32 Å². The maximum absolute atomic E-state index is 11.5. The molecule has 0 aromatic rings. The van der Waals surface area contributed by atoms with Crippen LogP contribution >= 0.6 is 0 Å². The molecule has 2 rings (SSSR count). The van der Waals surface area contributed by atoms with Crippen LogP contribution in [0.15, 0.2) is 0 Å². The van der Waals surface area contributed by atoms with Gasteiger partial charge in [0.25, 0.3) is 0 Å². The highest BCUT2D eigenvalue weighted by Gasteiger charge is 2.31. The summed E-state index contributed by atoms with van der Waals surface area (Å²) in [5.74, 6) is 3.51. The van der Waals surface area contributed by atoms with E-state index in [1.165, 1.54) is 38.6 Å². The van der Waals surface area contributed by atoms with Crippen molar-refractivity contribution in [3.05, 3.63) is 0 Å². The lowest BCUT2D eigenvalue weighted by Crippen LogP contribution is -2.48. The Morgan fingerprint density at radius 3 is 2.60 bits per heavy atom. The molecule has 1 saturated heterocycles. The lowest BCUT2D eigenvalue weighted by Gasteiger charge is -2.40. The van der Waals surface area contributed by atoms with Gasteiger partial charge in [-0.25, -0.2) is 0 Å². The molecular weight excluding hydrogens is 268 g/mol. The minimum atomic E-state index is -0.547. The van der Waals surface area contributed by atoms with Crippen molar-refractivity contribution in [1.82, 2.24) is 10.2 Å². The molecule has 118 valence electrons. The number of rotatable bonds is 6. The Hall–Kier alpha value is 0.0700. The fraction of sp³-hybridized carbons (Fsp3) is 1.00. The molecule has 3 nitrogen and oxygen atoms in total. The maximum Gasteiger partial charge on any atom is 0.0363 e. The molecule has 3 atom stereocenters. The molecule has 0 radical (unpaired) electrons. The molecular formula is C16H32N2OS. The Bertz CT molecular complexity index is 301. The molecule has 0 amide bonds. The maximum atomic E-state index is 11.5. The average molecular weight is 301 g/mol. The molecule has 4 heteroatoms. The highest BCUT2D eigenvalue weighted by molar-refractivity contribution is 7.85. The summed E-state index contributed by atoms with van der Waals surface area (Å²) in [7, 11) is -0.547. The van der Waals surface area contributed by atoms with Crippen molar-refractivity contribution >= 4 is 10.8 Å². The molecule has 1 aliphatic carbocycles. The van der Waals surface area contributed by atoms with Gasteiger partial charge in [0.1, 0.15) is 0 Å². The fourth-order valence-electron chi connectivity index (χ4n) is 3.95. The first kappa shape index (κ1) is 16.4. The SMILES string of the molecule is CCCC1CCC(NCC)C(CN2CCS(=O)CC2)C1. The van der Waals surface area contributed by atoms with Gasteiger partial charge in [-0.15, -0.1) is 0 Å². The Labute approximate surface area is 127 Å². The summed E-state index contributed by atoms with van der Waals surface area (Å²) in [4.78, 5) is 2.56. The number of nitrogens with zero attached hydrogens (tertiary/aromatic N) is 1. The Morgan fingerprint density at radius 1 is 1.20 bits per heavy atom. The first-order chi connectivity index (χ1) is 9.72. The van der Waals surface area contributed by atoms with Gasteiger partial charge in [-0.1, -0.05) is 26.7 Å².